The van der Waals surface area contributed by atoms with Gasteiger partial charge in [0.25, 0.3) is 0 Å². The van der Waals surface area contributed by atoms with Crippen molar-refractivity contribution in [2.45, 2.75) is 18.9 Å². The van der Waals surface area contributed by atoms with Gasteiger partial charge in [-0.25, -0.2) is 4.39 Å². The summed E-state index contributed by atoms with van der Waals surface area (Å²) in [6.45, 7) is 0.568. The molecule has 1 unspecified atom stereocenters. The number of nitrogens with zero attached hydrogens (tertiary/aromatic N) is 4. The Morgan fingerprint density at radius 2 is 2.21 bits per heavy atom. The number of nitrogens with one attached hydrogen (secondary N) is 2. The molecule has 1 aromatic carbocycles. The number of carbonyl (C=O) groups is 2. The first-order chi connectivity index (χ1) is 13.4. The standard InChI is InChI=1S/C17H20FN7O3/c18-10-3-1-4-11(7-10)21-23-15-12(22-24-16(15)19)8-20-14(26)9-25-6-2-5-13(25)17(27)28/h1,3-4,7,13,21H,2,5-6,8-9H2,(H,20,26)(H,27,28)(H2,19,23,24). The van der Waals surface area contributed by atoms with Crippen molar-refractivity contribution in [2.24, 2.45) is 21.0 Å². The summed E-state index contributed by atoms with van der Waals surface area (Å²) in [4.78, 5) is 25.0. The maximum absolute atomic E-state index is 13.2. The number of carbonyl (C=O) groups excluding carboxylic acids is 1. The molecular formula is C17H20FN7O3. The second-order valence-electron chi connectivity index (χ2n) is 6.36. The Labute approximate surface area is 160 Å². The van der Waals surface area contributed by atoms with Crippen molar-refractivity contribution in [3.63, 3.8) is 0 Å². The van der Waals surface area contributed by atoms with Gasteiger partial charge in [-0.05, 0) is 37.6 Å². The van der Waals surface area contributed by atoms with E-state index in [1.54, 1.807) is 11.0 Å². The number of nitrogens with two attached hydrogens (primary N) is 1. The minimum absolute atomic E-state index is 0.0192. The number of rotatable bonds is 7. The van der Waals surface area contributed by atoms with Gasteiger partial charge in [0.1, 0.15) is 17.6 Å². The number of hydrazone groups is 1. The zero-order valence-electron chi connectivity index (χ0n) is 14.9. The summed E-state index contributed by atoms with van der Waals surface area (Å²) in [6.07, 6.45) is 1.27. The average molecular weight is 389 g/mol. The molecule has 5 N–H and O–H groups in total. The van der Waals surface area contributed by atoms with E-state index in [1.807, 2.05) is 0 Å². The van der Waals surface area contributed by atoms with Crippen molar-refractivity contribution in [3.05, 3.63) is 30.1 Å². The maximum Gasteiger partial charge on any atom is 0.320 e. The molecule has 0 aliphatic carbocycles. The highest BCUT2D eigenvalue weighted by Crippen LogP contribution is 2.16. The van der Waals surface area contributed by atoms with Crippen LogP contribution >= 0.6 is 0 Å². The highest BCUT2D eigenvalue weighted by molar-refractivity contribution is 6.70. The number of hydrogen-bond donors (Lipinski definition) is 4. The van der Waals surface area contributed by atoms with Crippen LogP contribution in [0.2, 0.25) is 0 Å². The highest BCUT2D eigenvalue weighted by Gasteiger charge is 2.31. The maximum atomic E-state index is 13.2. The summed E-state index contributed by atoms with van der Waals surface area (Å²) < 4.78 is 13.2. The third-order valence-corrected chi connectivity index (χ3v) is 4.36. The Bertz CT molecular complexity index is 868. The van der Waals surface area contributed by atoms with E-state index in [0.29, 0.717) is 24.4 Å². The molecule has 11 heteroatoms. The largest absolute Gasteiger partial charge is 0.480 e. The molecule has 1 fully saturated rings. The highest BCUT2D eigenvalue weighted by atomic mass is 19.1. The van der Waals surface area contributed by atoms with Gasteiger partial charge in [-0.15, -0.1) is 10.2 Å². The summed E-state index contributed by atoms with van der Waals surface area (Å²) in [5.74, 6) is -1.61. The van der Waals surface area contributed by atoms with Crippen LogP contribution in [0.4, 0.5) is 10.1 Å². The number of aliphatic carboxylic acids is 1. The van der Waals surface area contributed by atoms with Gasteiger partial charge in [-0.2, -0.15) is 5.10 Å². The van der Waals surface area contributed by atoms with Crippen LogP contribution < -0.4 is 16.5 Å². The van der Waals surface area contributed by atoms with Gasteiger partial charge in [0.15, 0.2) is 11.5 Å². The predicted molar refractivity (Wildman–Crippen MR) is 102 cm³/mol. The zero-order valence-corrected chi connectivity index (χ0v) is 14.9. The number of carboxylic acids is 1. The van der Waals surface area contributed by atoms with Crippen molar-refractivity contribution >= 4 is 34.8 Å². The topological polar surface area (TPSA) is 145 Å². The van der Waals surface area contributed by atoms with E-state index in [1.165, 1.54) is 18.2 Å². The van der Waals surface area contributed by atoms with E-state index in [0.717, 1.165) is 6.42 Å². The lowest BCUT2D eigenvalue weighted by molar-refractivity contribution is -0.142. The van der Waals surface area contributed by atoms with Crippen molar-refractivity contribution in [3.8, 4) is 0 Å². The van der Waals surface area contributed by atoms with E-state index < -0.39 is 17.8 Å². The SMILES string of the molecule is NC1=NN=C(CNC(=O)CN2CCCC2C(=O)O)/C1=N/Nc1cccc(F)c1. The first-order valence-corrected chi connectivity index (χ1v) is 8.67. The van der Waals surface area contributed by atoms with Crippen LogP contribution in [0.3, 0.4) is 0 Å². The van der Waals surface area contributed by atoms with E-state index in [2.05, 4.69) is 26.0 Å². The molecule has 0 saturated carbocycles. The van der Waals surface area contributed by atoms with Crippen molar-refractivity contribution in [1.82, 2.24) is 10.2 Å². The van der Waals surface area contributed by atoms with Gasteiger partial charge >= 0.3 is 5.97 Å². The normalized spacial score (nSPS) is 20.8. The van der Waals surface area contributed by atoms with Crippen LogP contribution in [0.25, 0.3) is 0 Å². The number of amidine groups is 1. The summed E-state index contributed by atoms with van der Waals surface area (Å²) in [5.41, 5.74) is 9.43. The van der Waals surface area contributed by atoms with Crippen molar-refractivity contribution < 1.29 is 19.1 Å². The molecule has 0 bridgehead atoms. The molecule has 1 aromatic rings. The second kappa shape index (κ2) is 8.57. The number of amides is 1. The molecule has 0 spiro atoms. The number of carboxylic acid groups (broad SMARTS) is 1. The van der Waals surface area contributed by atoms with E-state index >= 15 is 0 Å². The summed E-state index contributed by atoms with van der Waals surface area (Å²) in [7, 11) is 0. The molecule has 10 nitrogen and oxygen atoms in total. The van der Waals surface area contributed by atoms with Gasteiger partial charge in [0.2, 0.25) is 5.91 Å². The lowest BCUT2D eigenvalue weighted by Crippen LogP contribution is -2.45. The fourth-order valence-corrected chi connectivity index (χ4v) is 2.99. The minimum atomic E-state index is -0.926. The smallest absolute Gasteiger partial charge is 0.320 e. The van der Waals surface area contributed by atoms with Crippen LogP contribution in [-0.2, 0) is 9.59 Å². The Balaban J connectivity index is 1.55. The quantitative estimate of drug-likeness (QED) is 0.483. The van der Waals surface area contributed by atoms with Crippen LogP contribution in [0.5, 0.6) is 0 Å². The van der Waals surface area contributed by atoms with Gasteiger partial charge < -0.3 is 16.2 Å². The number of halogens is 1. The predicted octanol–water partition coefficient (Wildman–Crippen LogP) is -0.0144. The van der Waals surface area contributed by atoms with Crippen molar-refractivity contribution in [1.29, 1.82) is 0 Å². The monoisotopic (exact) mass is 389 g/mol. The molecule has 0 aromatic heterocycles. The lowest BCUT2D eigenvalue weighted by Gasteiger charge is -2.20. The first kappa shape index (κ1) is 19.4. The molecule has 1 atom stereocenters. The van der Waals surface area contributed by atoms with Gasteiger partial charge in [0, 0.05) is 0 Å². The Morgan fingerprint density at radius 3 is 2.96 bits per heavy atom. The van der Waals surface area contributed by atoms with Gasteiger partial charge in [-0.3, -0.25) is 19.9 Å². The van der Waals surface area contributed by atoms with Crippen LogP contribution in [-0.4, -0.2) is 64.8 Å². The Kier molecular flexibility index (Phi) is 5.94. The number of hydrogen-bond acceptors (Lipinski definition) is 8. The molecule has 148 valence electrons. The summed E-state index contributed by atoms with van der Waals surface area (Å²) in [6, 6.07) is 5.09. The first-order valence-electron chi connectivity index (χ1n) is 8.67. The molecule has 2 heterocycles. The number of anilines is 1. The molecule has 0 radical (unpaired) electrons. The molecule has 1 amide bonds. The molecule has 2 aliphatic heterocycles. The average Bonchev–Trinajstić information content (AvgIpc) is 3.25. The fraction of sp³-hybridized carbons (Fsp3) is 0.353. The van der Waals surface area contributed by atoms with Gasteiger partial charge in [-0.1, -0.05) is 6.07 Å². The molecule has 2 aliphatic rings. The Morgan fingerprint density at radius 1 is 1.39 bits per heavy atom. The van der Waals surface area contributed by atoms with E-state index in [4.69, 9.17) is 10.8 Å². The third-order valence-electron chi connectivity index (χ3n) is 4.36. The number of benzene rings is 1. The molecule has 3 rings (SSSR count). The van der Waals surface area contributed by atoms with Gasteiger partial charge in [0.05, 0.1) is 18.8 Å². The second-order valence-corrected chi connectivity index (χ2v) is 6.36. The van der Waals surface area contributed by atoms with Crippen LogP contribution in [0, 0.1) is 5.82 Å². The summed E-state index contributed by atoms with van der Waals surface area (Å²) >= 11 is 0. The Hall–Kier alpha value is -3.34. The van der Waals surface area contributed by atoms with Crippen LogP contribution in [0.1, 0.15) is 12.8 Å². The fourth-order valence-electron chi connectivity index (χ4n) is 2.99. The number of likely N-dealkylation sites (tertiary alicyclic amines) is 1. The van der Waals surface area contributed by atoms with E-state index in [9.17, 15) is 14.0 Å². The van der Waals surface area contributed by atoms with E-state index in [-0.39, 0.29) is 30.5 Å². The lowest BCUT2D eigenvalue weighted by atomic mass is 10.2. The van der Waals surface area contributed by atoms with Crippen molar-refractivity contribution in [2.75, 3.05) is 25.1 Å². The molecular weight excluding hydrogens is 369 g/mol. The molecule has 1 saturated heterocycles. The zero-order chi connectivity index (χ0) is 20.1. The molecule has 28 heavy (non-hydrogen) atoms. The minimum Gasteiger partial charge on any atom is -0.480 e. The van der Waals surface area contributed by atoms with Crippen LogP contribution in [0.15, 0.2) is 39.6 Å². The summed E-state index contributed by atoms with van der Waals surface area (Å²) in [5, 5.41) is 23.6. The third kappa shape index (κ3) is 4.68.